The molecule has 1 heterocycles. The number of aromatic amines is 1. The van der Waals surface area contributed by atoms with E-state index in [1.165, 1.54) is 0 Å². The van der Waals surface area contributed by atoms with Gasteiger partial charge in [0.2, 0.25) is 0 Å². The molecular formula is C15H28N4O2. The van der Waals surface area contributed by atoms with Gasteiger partial charge in [-0.25, -0.2) is 4.79 Å². The van der Waals surface area contributed by atoms with Crippen LogP contribution in [0.5, 0.6) is 0 Å². The highest BCUT2D eigenvalue weighted by Crippen LogP contribution is 2.23. The van der Waals surface area contributed by atoms with Crippen LogP contribution in [0.3, 0.4) is 0 Å². The molecular weight excluding hydrogens is 268 g/mol. The summed E-state index contributed by atoms with van der Waals surface area (Å²) in [6.07, 6.45) is 2.01. The van der Waals surface area contributed by atoms with Crippen LogP contribution in [0, 0.1) is 0 Å². The highest BCUT2D eigenvalue weighted by atomic mass is 16.6. The normalized spacial score (nSPS) is 13.9. The van der Waals surface area contributed by atoms with Gasteiger partial charge in [0.1, 0.15) is 5.60 Å². The molecule has 1 aromatic heterocycles. The number of nitrogens with one attached hydrogen (secondary N) is 2. The molecule has 0 aliphatic heterocycles. The molecule has 0 radical (unpaired) electrons. The fraction of sp³-hybridized carbons (Fsp3) is 0.733. The van der Waals surface area contributed by atoms with Crippen LogP contribution < -0.4 is 11.1 Å². The summed E-state index contributed by atoms with van der Waals surface area (Å²) in [6.45, 7) is 12.2. The number of carbonyl (C=O) groups is 1. The van der Waals surface area contributed by atoms with Crippen molar-refractivity contribution in [2.24, 2.45) is 5.73 Å². The van der Waals surface area contributed by atoms with Gasteiger partial charge in [0.15, 0.2) is 0 Å². The maximum absolute atomic E-state index is 11.6. The van der Waals surface area contributed by atoms with Gasteiger partial charge in [0.25, 0.3) is 0 Å². The van der Waals surface area contributed by atoms with Crippen molar-refractivity contribution in [3.63, 3.8) is 0 Å². The molecule has 1 amide bonds. The average molecular weight is 296 g/mol. The van der Waals surface area contributed by atoms with Gasteiger partial charge < -0.3 is 15.8 Å². The van der Waals surface area contributed by atoms with Crippen LogP contribution in [0.4, 0.5) is 4.79 Å². The molecule has 0 spiro atoms. The molecule has 0 aliphatic carbocycles. The second-order valence-electron chi connectivity index (χ2n) is 7.37. The lowest BCUT2D eigenvalue weighted by Crippen LogP contribution is -2.41. The molecule has 1 atom stereocenters. The third-order valence-electron chi connectivity index (χ3n) is 2.86. The number of nitrogens with two attached hydrogens (primary N) is 1. The minimum atomic E-state index is -0.502. The number of aromatic nitrogens is 2. The summed E-state index contributed by atoms with van der Waals surface area (Å²) in [5.41, 5.74) is 7.73. The number of carbonyl (C=O) groups excluding carboxylic acids is 1. The molecule has 6 heteroatoms. The fourth-order valence-corrected chi connectivity index (χ4v) is 2.00. The Kier molecular flexibility index (Phi) is 5.39. The standard InChI is InChI=1S/C15H28N4O2/c1-14(2,3)12-10(8-18-19-12)7-11(16)9-17-13(20)21-15(4,5)6/h8,11H,7,9,16H2,1-6H3,(H,17,20)(H,18,19). The number of hydrogen-bond acceptors (Lipinski definition) is 4. The van der Waals surface area contributed by atoms with Crippen LogP contribution in [0.15, 0.2) is 6.20 Å². The summed E-state index contributed by atoms with van der Waals surface area (Å²) in [6, 6.07) is -0.184. The van der Waals surface area contributed by atoms with Crippen molar-refractivity contribution >= 4 is 6.09 Å². The molecule has 1 unspecified atom stereocenters. The predicted molar refractivity (Wildman–Crippen MR) is 83.2 cm³/mol. The molecule has 6 nitrogen and oxygen atoms in total. The Balaban J connectivity index is 2.50. The second-order valence-corrected chi connectivity index (χ2v) is 7.37. The molecule has 0 fully saturated rings. The molecule has 0 saturated carbocycles. The Morgan fingerprint density at radius 2 is 2.00 bits per heavy atom. The molecule has 4 N–H and O–H groups in total. The van der Waals surface area contributed by atoms with Gasteiger partial charge in [0, 0.05) is 23.7 Å². The van der Waals surface area contributed by atoms with Crippen LogP contribution in [-0.4, -0.2) is 34.5 Å². The van der Waals surface area contributed by atoms with Crippen LogP contribution in [0.25, 0.3) is 0 Å². The van der Waals surface area contributed by atoms with E-state index in [4.69, 9.17) is 10.5 Å². The van der Waals surface area contributed by atoms with Crippen LogP contribution in [-0.2, 0) is 16.6 Å². The number of hydrogen-bond donors (Lipinski definition) is 3. The van der Waals surface area contributed by atoms with E-state index in [1.54, 1.807) is 6.20 Å². The zero-order chi connectivity index (χ0) is 16.3. The predicted octanol–water partition coefficient (Wildman–Crippen LogP) is 2.10. The van der Waals surface area contributed by atoms with Crippen LogP contribution >= 0.6 is 0 Å². The molecule has 1 rings (SSSR count). The lowest BCUT2D eigenvalue weighted by Gasteiger charge is -2.22. The van der Waals surface area contributed by atoms with Crippen molar-refractivity contribution in [1.29, 1.82) is 0 Å². The Morgan fingerprint density at radius 1 is 1.38 bits per heavy atom. The minimum Gasteiger partial charge on any atom is -0.444 e. The van der Waals surface area contributed by atoms with Crippen LogP contribution in [0.2, 0.25) is 0 Å². The van der Waals surface area contributed by atoms with E-state index in [0.29, 0.717) is 13.0 Å². The van der Waals surface area contributed by atoms with E-state index in [2.05, 4.69) is 36.3 Å². The number of alkyl carbamates (subject to hydrolysis) is 1. The summed E-state index contributed by atoms with van der Waals surface area (Å²) in [5, 5.41) is 9.82. The first-order valence-electron chi connectivity index (χ1n) is 7.24. The minimum absolute atomic E-state index is 0.00977. The van der Waals surface area contributed by atoms with Gasteiger partial charge in [-0.3, -0.25) is 5.10 Å². The largest absolute Gasteiger partial charge is 0.444 e. The molecule has 120 valence electrons. The molecule has 0 aliphatic rings. The quantitative estimate of drug-likeness (QED) is 0.793. The summed E-state index contributed by atoms with van der Waals surface area (Å²) >= 11 is 0. The number of rotatable bonds is 4. The van der Waals surface area contributed by atoms with Crippen molar-refractivity contribution in [3.05, 3.63) is 17.5 Å². The van der Waals surface area contributed by atoms with Gasteiger partial charge in [-0.15, -0.1) is 0 Å². The molecule has 0 saturated heterocycles. The first kappa shape index (κ1) is 17.5. The van der Waals surface area contributed by atoms with Gasteiger partial charge in [0.05, 0.1) is 6.20 Å². The van der Waals surface area contributed by atoms with Gasteiger partial charge in [-0.05, 0) is 32.8 Å². The van der Waals surface area contributed by atoms with Gasteiger partial charge in [-0.2, -0.15) is 5.10 Å². The summed E-state index contributed by atoms with van der Waals surface area (Å²) < 4.78 is 5.18. The van der Waals surface area contributed by atoms with E-state index in [1.807, 2.05) is 20.8 Å². The zero-order valence-corrected chi connectivity index (χ0v) is 13.9. The van der Waals surface area contributed by atoms with Crippen molar-refractivity contribution in [2.75, 3.05) is 6.54 Å². The lowest BCUT2D eigenvalue weighted by atomic mass is 9.88. The second kappa shape index (κ2) is 6.47. The van der Waals surface area contributed by atoms with Gasteiger partial charge >= 0.3 is 6.09 Å². The summed E-state index contributed by atoms with van der Waals surface area (Å²) in [5.74, 6) is 0. The Morgan fingerprint density at radius 3 is 2.52 bits per heavy atom. The maximum Gasteiger partial charge on any atom is 0.407 e. The Bertz CT molecular complexity index is 469. The molecule has 0 aromatic carbocycles. The number of ether oxygens (including phenoxy) is 1. The van der Waals surface area contributed by atoms with Crippen molar-refractivity contribution in [3.8, 4) is 0 Å². The SMILES string of the molecule is CC(C)(C)OC(=O)NCC(N)Cc1cn[nH]c1C(C)(C)C. The van der Waals surface area contributed by atoms with Crippen molar-refractivity contribution in [2.45, 2.75) is 65.0 Å². The van der Waals surface area contributed by atoms with E-state index in [0.717, 1.165) is 11.3 Å². The molecule has 0 bridgehead atoms. The summed E-state index contributed by atoms with van der Waals surface area (Å²) in [4.78, 5) is 11.6. The van der Waals surface area contributed by atoms with E-state index in [-0.39, 0.29) is 11.5 Å². The Hall–Kier alpha value is -1.56. The van der Waals surface area contributed by atoms with E-state index in [9.17, 15) is 4.79 Å². The average Bonchev–Trinajstić information content (AvgIpc) is 2.71. The topological polar surface area (TPSA) is 93.0 Å². The smallest absolute Gasteiger partial charge is 0.407 e. The first-order valence-corrected chi connectivity index (χ1v) is 7.24. The number of H-pyrrole nitrogens is 1. The maximum atomic E-state index is 11.6. The van der Waals surface area contributed by atoms with Crippen LogP contribution in [0.1, 0.15) is 52.8 Å². The monoisotopic (exact) mass is 296 g/mol. The van der Waals surface area contributed by atoms with Gasteiger partial charge in [-0.1, -0.05) is 20.8 Å². The molecule has 21 heavy (non-hydrogen) atoms. The third kappa shape index (κ3) is 6.16. The summed E-state index contributed by atoms with van der Waals surface area (Å²) in [7, 11) is 0. The van der Waals surface area contributed by atoms with E-state index < -0.39 is 11.7 Å². The zero-order valence-electron chi connectivity index (χ0n) is 13.9. The van der Waals surface area contributed by atoms with Crippen molar-refractivity contribution < 1.29 is 9.53 Å². The highest BCUT2D eigenvalue weighted by molar-refractivity contribution is 5.67. The molecule has 1 aromatic rings. The number of amides is 1. The highest BCUT2D eigenvalue weighted by Gasteiger charge is 2.22. The fourth-order valence-electron chi connectivity index (χ4n) is 2.00. The van der Waals surface area contributed by atoms with E-state index >= 15 is 0 Å². The first-order chi connectivity index (χ1) is 9.49. The Labute approximate surface area is 126 Å². The van der Waals surface area contributed by atoms with Crippen molar-refractivity contribution in [1.82, 2.24) is 15.5 Å². The lowest BCUT2D eigenvalue weighted by molar-refractivity contribution is 0.0524. The number of nitrogens with zero attached hydrogens (tertiary/aromatic N) is 1. The third-order valence-corrected chi connectivity index (χ3v) is 2.86.